The van der Waals surface area contributed by atoms with Crippen molar-refractivity contribution in [3.05, 3.63) is 55.3 Å². The third kappa shape index (κ3) is 3.96. The van der Waals surface area contributed by atoms with Gasteiger partial charge in [-0.05, 0) is 32.0 Å². The predicted octanol–water partition coefficient (Wildman–Crippen LogP) is 0.683. The molecule has 3 aromatic heterocycles. The van der Waals surface area contributed by atoms with Crippen LogP contribution in [0, 0.1) is 6.92 Å². The lowest BCUT2D eigenvalue weighted by Crippen LogP contribution is -2.50. The fourth-order valence-electron chi connectivity index (χ4n) is 3.88. The minimum Gasteiger partial charge on any atom is -0.354 e. The van der Waals surface area contributed by atoms with Gasteiger partial charge in [0.25, 0.3) is 11.5 Å². The van der Waals surface area contributed by atoms with E-state index in [0.717, 1.165) is 4.88 Å². The number of H-pyrrole nitrogens is 1. The number of pyridine rings is 1. The molecule has 0 atom stereocenters. The van der Waals surface area contributed by atoms with Crippen LogP contribution in [-0.4, -0.2) is 57.9 Å². The van der Waals surface area contributed by atoms with Crippen molar-refractivity contribution in [2.75, 3.05) is 31.6 Å². The molecule has 32 heavy (non-hydrogen) atoms. The molecule has 0 aromatic carbocycles. The lowest BCUT2D eigenvalue weighted by atomic mass is 10.2. The van der Waals surface area contributed by atoms with Gasteiger partial charge in [-0.25, -0.2) is 9.78 Å². The quantitative estimate of drug-likeness (QED) is 0.583. The molecule has 1 saturated heterocycles. The molecule has 0 bridgehead atoms. The number of hydrogen-bond donors (Lipinski definition) is 2. The predicted molar refractivity (Wildman–Crippen MR) is 122 cm³/mol. The van der Waals surface area contributed by atoms with Crippen molar-refractivity contribution in [1.82, 2.24) is 24.8 Å². The summed E-state index contributed by atoms with van der Waals surface area (Å²) in [5, 5.41) is 2.54. The summed E-state index contributed by atoms with van der Waals surface area (Å²) in [6, 6.07) is 5.18. The lowest BCUT2D eigenvalue weighted by Gasteiger charge is -2.34. The Labute approximate surface area is 187 Å². The maximum atomic E-state index is 12.9. The molecule has 1 fully saturated rings. The topological polar surface area (TPSA) is 120 Å². The van der Waals surface area contributed by atoms with Crippen molar-refractivity contribution in [2.24, 2.45) is 0 Å². The molecule has 3 aromatic rings. The summed E-state index contributed by atoms with van der Waals surface area (Å²) in [5.41, 5.74) is 1.46. The van der Waals surface area contributed by atoms with Crippen LogP contribution in [0.1, 0.15) is 28.0 Å². The van der Waals surface area contributed by atoms with E-state index in [1.807, 2.05) is 11.0 Å². The minimum absolute atomic E-state index is 0.0586. The van der Waals surface area contributed by atoms with E-state index in [0.29, 0.717) is 53.5 Å². The highest BCUT2D eigenvalue weighted by atomic mass is 32.1. The molecule has 2 N–H and O–H groups in total. The SMILES string of the molecule is CCn1c(=O)[nH]c2cc(CN3CCN(c4ccc(C(=O)NC)nc4C)C(=O)C3)sc2c1=O. The first kappa shape index (κ1) is 21.9. The zero-order valence-electron chi connectivity index (χ0n) is 18.1. The Morgan fingerprint density at radius 2 is 2.03 bits per heavy atom. The molecule has 1 aliphatic rings. The number of piperazine rings is 1. The van der Waals surface area contributed by atoms with Gasteiger partial charge < -0.3 is 15.2 Å². The number of carbonyl (C=O) groups excluding carboxylic acids is 2. The van der Waals surface area contributed by atoms with E-state index in [1.165, 1.54) is 15.9 Å². The summed E-state index contributed by atoms with van der Waals surface area (Å²) in [6.45, 7) is 5.72. The largest absolute Gasteiger partial charge is 0.354 e. The Bertz CT molecular complexity index is 1320. The summed E-state index contributed by atoms with van der Waals surface area (Å²) >= 11 is 1.35. The number of nitrogens with zero attached hydrogens (tertiary/aromatic N) is 4. The molecular weight excluding hydrogens is 432 g/mol. The fourth-order valence-corrected chi connectivity index (χ4v) is 4.99. The summed E-state index contributed by atoms with van der Waals surface area (Å²) in [7, 11) is 1.55. The Hall–Kier alpha value is -3.31. The van der Waals surface area contributed by atoms with Crippen molar-refractivity contribution >= 4 is 39.1 Å². The van der Waals surface area contributed by atoms with Crippen LogP contribution in [0.25, 0.3) is 10.2 Å². The van der Waals surface area contributed by atoms with E-state index < -0.39 is 5.69 Å². The number of fused-ring (bicyclic) bond motifs is 1. The molecule has 4 rings (SSSR count). The highest BCUT2D eigenvalue weighted by Crippen LogP contribution is 2.25. The summed E-state index contributed by atoms with van der Waals surface area (Å²) in [6.07, 6.45) is 0. The third-order valence-electron chi connectivity index (χ3n) is 5.51. The fraction of sp³-hybridized carbons (Fsp3) is 0.381. The van der Waals surface area contributed by atoms with E-state index in [9.17, 15) is 19.2 Å². The molecule has 168 valence electrons. The zero-order valence-corrected chi connectivity index (χ0v) is 18.9. The first-order valence-electron chi connectivity index (χ1n) is 10.3. The van der Waals surface area contributed by atoms with Crippen LogP contribution in [0.3, 0.4) is 0 Å². The number of nitrogens with one attached hydrogen (secondary N) is 2. The van der Waals surface area contributed by atoms with E-state index in [-0.39, 0.29) is 23.9 Å². The Balaban J connectivity index is 1.49. The third-order valence-corrected chi connectivity index (χ3v) is 6.62. The monoisotopic (exact) mass is 456 g/mol. The van der Waals surface area contributed by atoms with Gasteiger partial charge in [-0.3, -0.25) is 23.9 Å². The Morgan fingerprint density at radius 3 is 2.69 bits per heavy atom. The van der Waals surface area contributed by atoms with E-state index in [4.69, 9.17) is 0 Å². The molecule has 11 heteroatoms. The average molecular weight is 457 g/mol. The lowest BCUT2D eigenvalue weighted by molar-refractivity contribution is -0.121. The number of anilines is 1. The molecule has 0 aliphatic carbocycles. The van der Waals surface area contributed by atoms with Crippen molar-refractivity contribution in [2.45, 2.75) is 26.9 Å². The summed E-state index contributed by atoms with van der Waals surface area (Å²) in [4.78, 5) is 60.8. The van der Waals surface area contributed by atoms with Crippen molar-refractivity contribution in [3.63, 3.8) is 0 Å². The number of thiophene rings is 1. The van der Waals surface area contributed by atoms with Crippen LogP contribution >= 0.6 is 11.3 Å². The molecule has 10 nitrogen and oxygen atoms in total. The van der Waals surface area contributed by atoms with Crippen molar-refractivity contribution in [3.8, 4) is 0 Å². The average Bonchev–Trinajstić information content (AvgIpc) is 3.16. The number of carbonyl (C=O) groups is 2. The molecule has 0 radical (unpaired) electrons. The van der Waals surface area contributed by atoms with E-state index >= 15 is 0 Å². The van der Waals surface area contributed by atoms with Gasteiger partial charge in [0.2, 0.25) is 5.91 Å². The van der Waals surface area contributed by atoms with Crippen molar-refractivity contribution < 1.29 is 9.59 Å². The molecule has 0 unspecified atom stereocenters. The molecule has 1 aliphatic heterocycles. The first-order chi connectivity index (χ1) is 15.3. The number of aromatic amines is 1. The van der Waals surface area contributed by atoms with Gasteiger partial charge in [0.05, 0.1) is 23.4 Å². The number of aryl methyl sites for hydroxylation is 1. The maximum absolute atomic E-state index is 12.9. The Kier molecular flexibility index (Phi) is 5.94. The van der Waals surface area contributed by atoms with Crippen LogP contribution in [0.4, 0.5) is 5.69 Å². The maximum Gasteiger partial charge on any atom is 0.328 e. The zero-order chi connectivity index (χ0) is 23.0. The first-order valence-corrected chi connectivity index (χ1v) is 11.1. The van der Waals surface area contributed by atoms with Crippen LogP contribution < -0.4 is 21.5 Å². The second kappa shape index (κ2) is 8.67. The molecule has 0 spiro atoms. The molecule has 0 saturated carbocycles. The van der Waals surface area contributed by atoms with Gasteiger partial charge in [-0.15, -0.1) is 11.3 Å². The number of aromatic nitrogens is 3. The van der Waals surface area contributed by atoms with Crippen LogP contribution in [0.5, 0.6) is 0 Å². The summed E-state index contributed by atoms with van der Waals surface area (Å²) < 4.78 is 1.70. The van der Waals surface area contributed by atoms with Gasteiger partial charge >= 0.3 is 5.69 Å². The summed E-state index contributed by atoms with van der Waals surface area (Å²) in [5.74, 6) is -0.331. The van der Waals surface area contributed by atoms with E-state index in [1.54, 1.807) is 37.9 Å². The normalized spacial score (nSPS) is 14.8. The van der Waals surface area contributed by atoms with Crippen LogP contribution in [-0.2, 0) is 17.9 Å². The van der Waals surface area contributed by atoms with Gasteiger partial charge in [-0.2, -0.15) is 0 Å². The smallest absolute Gasteiger partial charge is 0.328 e. The van der Waals surface area contributed by atoms with Crippen LogP contribution in [0.2, 0.25) is 0 Å². The molecule has 4 heterocycles. The number of amides is 2. The van der Waals surface area contributed by atoms with Gasteiger partial charge in [0, 0.05) is 38.1 Å². The number of rotatable bonds is 5. The van der Waals surface area contributed by atoms with Gasteiger partial charge in [0.15, 0.2) is 0 Å². The standard InChI is InChI=1S/C21H24N6O4S/c1-4-26-20(30)18-15(24-21(26)31)9-13(32-18)10-25-7-8-27(17(28)11-25)16-6-5-14(19(29)22-3)23-12(16)2/h5-6,9H,4,7-8,10-11H2,1-3H3,(H,22,29)(H,24,31). The van der Waals surface area contributed by atoms with E-state index in [2.05, 4.69) is 15.3 Å². The van der Waals surface area contributed by atoms with Gasteiger partial charge in [-0.1, -0.05) is 0 Å². The highest BCUT2D eigenvalue weighted by Gasteiger charge is 2.27. The van der Waals surface area contributed by atoms with Gasteiger partial charge in [0.1, 0.15) is 10.4 Å². The molecule has 2 amide bonds. The Morgan fingerprint density at radius 1 is 1.25 bits per heavy atom. The second-order valence-electron chi connectivity index (χ2n) is 7.57. The second-order valence-corrected chi connectivity index (χ2v) is 8.71. The van der Waals surface area contributed by atoms with Crippen molar-refractivity contribution in [1.29, 1.82) is 0 Å². The molecular formula is C21H24N6O4S. The number of hydrogen-bond acceptors (Lipinski definition) is 7. The van der Waals surface area contributed by atoms with Crippen LogP contribution in [0.15, 0.2) is 27.8 Å². The minimum atomic E-state index is -0.412. The highest BCUT2D eigenvalue weighted by molar-refractivity contribution is 7.18.